The highest BCUT2D eigenvalue weighted by atomic mass is 79.9. The van der Waals surface area contributed by atoms with Crippen LogP contribution in [0.2, 0.25) is 0 Å². The minimum Gasteiger partial charge on any atom is -0.496 e. The van der Waals surface area contributed by atoms with Crippen molar-refractivity contribution in [1.82, 2.24) is 4.31 Å². The zero-order valence-electron chi connectivity index (χ0n) is 13.9. The summed E-state index contributed by atoms with van der Waals surface area (Å²) in [5, 5.41) is 10.4. The molecular formula is C16H24BrNO4S. The largest absolute Gasteiger partial charge is 0.496 e. The van der Waals surface area contributed by atoms with Crippen LogP contribution in [0.15, 0.2) is 27.6 Å². The molecule has 1 fully saturated rings. The molecule has 1 saturated heterocycles. The number of aliphatic hydroxyl groups excluding tert-OH is 1. The van der Waals surface area contributed by atoms with Crippen molar-refractivity contribution in [3.8, 4) is 5.75 Å². The lowest BCUT2D eigenvalue weighted by Gasteiger charge is -2.41. The average molecular weight is 406 g/mol. The molecule has 1 heterocycles. The van der Waals surface area contributed by atoms with E-state index in [1.54, 1.807) is 6.07 Å². The summed E-state index contributed by atoms with van der Waals surface area (Å²) in [5.41, 5.74) is -0.0432. The van der Waals surface area contributed by atoms with Gasteiger partial charge in [0.2, 0.25) is 10.0 Å². The summed E-state index contributed by atoms with van der Waals surface area (Å²) in [6, 6.07) is 4.69. The zero-order chi connectivity index (χ0) is 17.4. The maximum Gasteiger partial charge on any atom is 0.243 e. The second-order valence-electron chi connectivity index (χ2n) is 6.99. The molecule has 23 heavy (non-hydrogen) atoms. The van der Waals surface area contributed by atoms with Crippen molar-refractivity contribution < 1.29 is 18.3 Å². The summed E-state index contributed by atoms with van der Waals surface area (Å²) in [6.45, 7) is 6.78. The van der Waals surface area contributed by atoms with Gasteiger partial charge in [-0.25, -0.2) is 8.42 Å². The first-order valence-electron chi connectivity index (χ1n) is 7.59. The number of β-amino-alcohol motifs (C(OH)–C–C–N with tert-alkyl or cyclic N) is 1. The van der Waals surface area contributed by atoms with Crippen LogP contribution in [0.3, 0.4) is 0 Å². The molecule has 1 aromatic rings. The van der Waals surface area contributed by atoms with Gasteiger partial charge in [0.1, 0.15) is 5.75 Å². The third-order valence-corrected chi connectivity index (χ3v) is 6.90. The summed E-state index contributed by atoms with van der Waals surface area (Å²) >= 11 is 3.31. The molecule has 0 saturated carbocycles. The van der Waals surface area contributed by atoms with Crippen LogP contribution in [-0.2, 0) is 10.0 Å². The molecule has 0 aliphatic carbocycles. The Morgan fingerprint density at radius 1 is 1.35 bits per heavy atom. The van der Waals surface area contributed by atoms with Crippen LogP contribution in [0.1, 0.15) is 27.2 Å². The fourth-order valence-corrected chi connectivity index (χ4v) is 5.28. The van der Waals surface area contributed by atoms with Gasteiger partial charge in [-0.15, -0.1) is 0 Å². The van der Waals surface area contributed by atoms with Crippen LogP contribution in [0.4, 0.5) is 0 Å². The van der Waals surface area contributed by atoms with E-state index in [4.69, 9.17) is 4.74 Å². The standard InChI is InChI=1S/C16H24BrNO4S/c1-16(2,3)12-7-8-18(10-14(12)19)23(20,21)11-5-6-15(22-4)13(17)9-11/h5-6,9,12,14,19H,7-8,10H2,1-4H3. The first-order valence-corrected chi connectivity index (χ1v) is 9.82. The quantitative estimate of drug-likeness (QED) is 0.839. The van der Waals surface area contributed by atoms with Gasteiger partial charge in [-0.05, 0) is 51.9 Å². The number of halogens is 1. The Kier molecular flexibility index (Phi) is 5.45. The number of aliphatic hydroxyl groups is 1. The lowest BCUT2D eigenvalue weighted by Crippen LogP contribution is -2.49. The van der Waals surface area contributed by atoms with Gasteiger partial charge in [-0.1, -0.05) is 20.8 Å². The van der Waals surface area contributed by atoms with Gasteiger partial charge in [0, 0.05) is 13.1 Å². The summed E-state index contributed by atoms with van der Waals surface area (Å²) in [5.74, 6) is 0.673. The molecule has 7 heteroatoms. The van der Waals surface area contributed by atoms with Gasteiger partial charge < -0.3 is 9.84 Å². The van der Waals surface area contributed by atoms with Gasteiger partial charge in [-0.2, -0.15) is 4.31 Å². The highest BCUT2D eigenvalue weighted by molar-refractivity contribution is 9.10. The topological polar surface area (TPSA) is 66.8 Å². The van der Waals surface area contributed by atoms with E-state index in [9.17, 15) is 13.5 Å². The molecule has 0 aromatic heterocycles. The van der Waals surface area contributed by atoms with Gasteiger partial charge in [0.15, 0.2) is 0 Å². The van der Waals surface area contributed by atoms with E-state index >= 15 is 0 Å². The summed E-state index contributed by atoms with van der Waals surface area (Å²) in [6.07, 6.45) is 0.00141. The number of hydrogen-bond donors (Lipinski definition) is 1. The minimum atomic E-state index is -3.62. The maximum atomic E-state index is 12.8. The molecular weight excluding hydrogens is 382 g/mol. The molecule has 2 unspecified atom stereocenters. The van der Waals surface area contributed by atoms with Crippen molar-refractivity contribution >= 4 is 26.0 Å². The number of methoxy groups -OCH3 is 1. The van der Waals surface area contributed by atoms with E-state index in [0.29, 0.717) is 23.2 Å². The summed E-state index contributed by atoms with van der Waals surface area (Å²) in [4.78, 5) is 0.201. The third kappa shape index (κ3) is 3.90. The van der Waals surface area contributed by atoms with E-state index < -0.39 is 16.1 Å². The van der Waals surface area contributed by atoms with Crippen molar-refractivity contribution in [1.29, 1.82) is 0 Å². The van der Waals surface area contributed by atoms with E-state index in [-0.39, 0.29) is 22.8 Å². The molecule has 1 N–H and O–H groups in total. The fraction of sp³-hybridized carbons (Fsp3) is 0.625. The highest BCUT2D eigenvalue weighted by Crippen LogP contribution is 2.36. The van der Waals surface area contributed by atoms with Crippen molar-refractivity contribution in [2.45, 2.75) is 38.2 Å². The zero-order valence-corrected chi connectivity index (χ0v) is 16.3. The Balaban J connectivity index is 2.23. The first-order chi connectivity index (χ1) is 10.6. The van der Waals surface area contributed by atoms with E-state index in [2.05, 4.69) is 36.7 Å². The average Bonchev–Trinajstić information content (AvgIpc) is 2.45. The van der Waals surface area contributed by atoms with Gasteiger partial charge in [-0.3, -0.25) is 0 Å². The number of ether oxygens (including phenoxy) is 1. The van der Waals surface area contributed by atoms with Crippen LogP contribution >= 0.6 is 15.9 Å². The van der Waals surface area contributed by atoms with Crippen molar-refractivity contribution in [3.63, 3.8) is 0 Å². The number of piperidine rings is 1. The van der Waals surface area contributed by atoms with E-state index in [1.807, 2.05) is 0 Å². The Bertz CT molecular complexity index is 669. The van der Waals surface area contributed by atoms with Crippen LogP contribution in [-0.4, -0.2) is 44.1 Å². The lowest BCUT2D eigenvalue weighted by atomic mass is 9.74. The molecule has 130 valence electrons. The maximum absolute atomic E-state index is 12.8. The first kappa shape index (κ1) is 18.7. The molecule has 1 aromatic carbocycles. The number of rotatable bonds is 3. The van der Waals surface area contributed by atoms with Crippen LogP contribution in [0, 0.1) is 11.3 Å². The fourth-order valence-electron chi connectivity index (χ4n) is 3.09. The molecule has 5 nitrogen and oxygen atoms in total. The molecule has 0 spiro atoms. The van der Waals surface area contributed by atoms with Gasteiger partial charge in [0.05, 0.1) is 22.6 Å². The van der Waals surface area contributed by atoms with Crippen LogP contribution in [0.5, 0.6) is 5.75 Å². The highest BCUT2D eigenvalue weighted by Gasteiger charge is 2.39. The number of sulfonamides is 1. The van der Waals surface area contributed by atoms with E-state index in [0.717, 1.165) is 0 Å². The molecule has 0 bridgehead atoms. The molecule has 0 amide bonds. The molecule has 1 aliphatic rings. The predicted molar refractivity (Wildman–Crippen MR) is 93.0 cm³/mol. The lowest BCUT2D eigenvalue weighted by molar-refractivity contribution is -0.00209. The molecule has 2 rings (SSSR count). The predicted octanol–water partition coefficient (Wildman–Crippen LogP) is 2.88. The van der Waals surface area contributed by atoms with Crippen LogP contribution < -0.4 is 4.74 Å². The second kappa shape index (κ2) is 6.70. The van der Waals surface area contributed by atoms with Gasteiger partial charge >= 0.3 is 0 Å². The number of hydrogen-bond acceptors (Lipinski definition) is 4. The third-order valence-electron chi connectivity index (χ3n) is 4.42. The Morgan fingerprint density at radius 3 is 2.48 bits per heavy atom. The Hall–Kier alpha value is -0.630. The SMILES string of the molecule is COc1ccc(S(=O)(=O)N2CCC(C(C)(C)C)C(O)C2)cc1Br. The summed E-state index contributed by atoms with van der Waals surface area (Å²) < 4.78 is 32.7. The molecule has 2 atom stereocenters. The monoisotopic (exact) mass is 405 g/mol. The van der Waals surface area contributed by atoms with Gasteiger partial charge in [0.25, 0.3) is 0 Å². The molecule has 0 radical (unpaired) electrons. The molecule has 1 aliphatic heterocycles. The van der Waals surface area contributed by atoms with Crippen molar-refractivity contribution in [2.24, 2.45) is 11.3 Å². The van der Waals surface area contributed by atoms with Crippen molar-refractivity contribution in [3.05, 3.63) is 22.7 Å². The Morgan fingerprint density at radius 2 is 2.00 bits per heavy atom. The smallest absolute Gasteiger partial charge is 0.243 e. The van der Waals surface area contributed by atoms with Crippen LogP contribution in [0.25, 0.3) is 0 Å². The number of benzene rings is 1. The minimum absolute atomic E-state index is 0.0432. The van der Waals surface area contributed by atoms with Crippen molar-refractivity contribution in [2.75, 3.05) is 20.2 Å². The number of nitrogens with zero attached hydrogens (tertiary/aromatic N) is 1. The normalized spacial score (nSPS) is 23.7. The van der Waals surface area contributed by atoms with E-state index in [1.165, 1.54) is 23.5 Å². The summed E-state index contributed by atoms with van der Waals surface area (Å²) in [7, 11) is -2.09. The Labute approximate surface area is 146 Å². The second-order valence-corrected chi connectivity index (χ2v) is 9.78.